The molecule has 0 atom stereocenters. The minimum atomic E-state index is -0.915. The molecule has 2 rings (SSSR count). The van der Waals surface area contributed by atoms with Crippen molar-refractivity contribution in [1.29, 1.82) is 0 Å². The monoisotopic (exact) mass is 211 g/mol. The Bertz CT molecular complexity index is 426. The number of thiophene rings is 1. The van der Waals surface area contributed by atoms with Gasteiger partial charge in [-0.3, -0.25) is 0 Å². The SMILES string of the molecule is Fc1ccc(Oc2c[c]sc2)cc1F. The van der Waals surface area contributed by atoms with E-state index >= 15 is 0 Å². The first-order chi connectivity index (χ1) is 6.75. The molecular formula is C10H5F2OS. The minimum absolute atomic E-state index is 0.274. The fourth-order valence-electron chi connectivity index (χ4n) is 0.948. The topological polar surface area (TPSA) is 9.23 Å². The third-order valence-corrected chi connectivity index (χ3v) is 2.18. The fourth-order valence-corrected chi connectivity index (χ4v) is 1.43. The Kier molecular flexibility index (Phi) is 2.45. The summed E-state index contributed by atoms with van der Waals surface area (Å²) >= 11 is 1.35. The molecule has 4 heteroatoms. The lowest BCUT2D eigenvalue weighted by Gasteiger charge is -2.02. The van der Waals surface area contributed by atoms with Gasteiger partial charge in [-0.05, 0) is 12.1 Å². The smallest absolute Gasteiger partial charge is 0.162 e. The lowest BCUT2D eigenvalue weighted by Crippen LogP contribution is -1.86. The van der Waals surface area contributed by atoms with Crippen LogP contribution in [0.25, 0.3) is 0 Å². The van der Waals surface area contributed by atoms with Gasteiger partial charge in [-0.15, -0.1) is 11.3 Å². The molecule has 0 saturated carbocycles. The molecule has 0 aliphatic rings. The molecule has 0 fully saturated rings. The highest BCUT2D eigenvalue weighted by atomic mass is 32.1. The Labute approximate surface area is 83.6 Å². The number of ether oxygens (including phenoxy) is 1. The third-order valence-electron chi connectivity index (χ3n) is 1.57. The van der Waals surface area contributed by atoms with E-state index in [-0.39, 0.29) is 5.75 Å². The van der Waals surface area contributed by atoms with Crippen LogP contribution in [0.4, 0.5) is 8.78 Å². The van der Waals surface area contributed by atoms with E-state index < -0.39 is 11.6 Å². The second kappa shape index (κ2) is 3.75. The van der Waals surface area contributed by atoms with Gasteiger partial charge in [0.05, 0.1) is 0 Å². The highest BCUT2D eigenvalue weighted by Crippen LogP contribution is 2.24. The van der Waals surface area contributed by atoms with Gasteiger partial charge in [0.2, 0.25) is 0 Å². The maximum absolute atomic E-state index is 12.7. The van der Waals surface area contributed by atoms with Crippen LogP contribution in [0.3, 0.4) is 0 Å². The molecule has 14 heavy (non-hydrogen) atoms. The van der Waals surface area contributed by atoms with Gasteiger partial charge in [0.15, 0.2) is 11.6 Å². The maximum Gasteiger partial charge on any atom is 0.162 e. The van der Waals surface area contributed by atoms with Gasteiger partial charge in [-0.1, -0.05) is 0 Å². The minimum Gasteiger partial charge on any atom is -0.456 e. The summed E-state index contributed by atoms with van der Waals surface area (Å²) in [7, 11) is 0. The molecule has 1 aromatic carbocycles. The predicted molar refractivity (Wildman–Crippen MR) is 49.6 cm³/mol. The molecular weight excluding hydrogens is 206 g/mol. The van der Waals surface area contributed by atoms with E-state index in [9.17, 15) is 8.78 Å². The summed E-state index contributed by atoms with van der Waals surface area (Å²) in [4.78, 5) is 0. The fraction of sp³-hybridized carbons (Fsp3) is 0. The Morgan fingerprint density at radius 1 is 1.14 bits per heavy atom. The van der Waals surface area contributed by atoms with E-state index in [1.807, 2.05) is 0 Å². The normalized spacial score (nSPS) is 10.1. The number of rotatable bonds is 2. The van der Waals surface area contributed by atoms with Crippen molar-refractivity contribution in [1.82, 2.24) is 0 Å². The lowest BCUT2D eigenvalue weighted by atomic mass is 10.3. The summed E-state index contributed by atoms with van der Waals surface area (Å²) < 4.78 is 30.5. The van der Waals surface area contributed by atoms with Crippen molar-refractivity contribution < 1.29 is 13.5 Å². The van der Waals surface area contributed by atoms with Crippen molar-refractivity contribution in [2.45, 2.75) is 0 Å². The van der Waals surface area contributed by atoms with Crippen molar-refractivity contribution in [2.75, 3.05) is 0 Å². The van der Waals surface area contributed by atoms with E-state index in [1.165, 1.54) is 17.4 Å². The summed E-state index contributed by atoms with van der Waals surface area (Å²) in [6, 6.07) is 5.04. The van der Waals surface area contributed by atoms with Gasteiger partial charge in [0, 0.05) is 22.9 Å². The van der Waals surface area contributed by atoms with Gasteiger partial charge in [-0.25, -0.2) is 8.78 Å². The highest BCUT2D eigenvalue weighted by Gasteiger charge is 2.04. The van der Waals surface area contributed by atoms with E-state index in [1.54, 1.807) is 11.4 Å². The first-order valence-corrected chi connectivity index (χ1v) is 4.71. The van der Waals surface area contributed by atoms with E-state index in [0.29, 0.717) is 5.75 Å². The predicted octanol–water partition coefficient (Wildman–Crippen LogP) is 3.62. The van der Waals surface area contributed by atoms with Crippen LogP contribution >= 0.6 is 11.3 Å². The zero-order chi connectivity index (χ0) is 9.97. The van der Waals surface area contributed by atoms with Crippen LogP contribution in [-0.2, 0) is 0 Å². The van der Waals surface area contributed by atoms with Gasteiger partial charge in [-0.2, -0.15) is 0 Å². The number of halogens is 2. The molecule has 0 aliphatic carbocycles. The van der Waals surface area contributed by atoms with Crippen LogP contribution in [0.2, 0.25) is 0 Å². The lowest BCUT2D eigenvalue weighted by molar-refractivity contribution is 0.463. The van der Waals surface area contributed by atoms with Crippen LogP contribution in [0.15, 0.2) is 29.6 Å². The Morgan fingerprint density at radius 3 is 2.64 bits per heavy atom. The average molecular weight is 211 g/mol. The molecule has 1 nitrogen and oxygen atoms in total. The molecule has 0 saturated heterocycles. The van der Waals surface area contributed by atoms with Gasteiger partial charge < -0.3 is 4.74 Å². The van der Waals surface area contributed by atoms with E-state index in [2.05, 4.69) is 5.38 Å². The van der Waals surface area contributed by atoms with Crippen molar-refractivity contribution in [3.8, 4) is 11.5 Å². The van der Waals surface area contributed by atoms with Crippen molar-refractivity contribution in [3.05, 3.63) is 46.7 Å². The molecule has 0 bridgehead atoms. The molecule has 1 aromatic heterocycles. The van der Waals surface area contributed by atoms with Gasteiger partial charge in [0.25, 0.3) is 0 Å². The van der Waals surface area contributed by atoms with Crippen LogP contribution < -0.4 is 4.74 Å². The molecule has 0 unspecified atom stereocenters. The Hall–Kier alpha value is -1.42. The number of benzene rings is 1. The van der Waals surface area contributed by atoms with Crippen molar-refractivity contribution >= 4 is 11.3 Å². The summed E-state index contributed by atoms with van der Waals surface area (Å²) in [5.74, 6) is -0.951. The second-order valence-electron chi connectivity index (χ2n) is 2.58. The molecule has 0 spiro atoms. The zero-order valence-electron chi connectivity index (χ0n) is 6.96. The Morgan fingerprint density at radius 2 is 2.00 bits per heavy atom. The molecule has 2 aromatic rings. The van der Waals surface area contributed by atoms with Crippen LogP contribution in [0, 0.1) is 17.0 Å². The van der Waals surface area contributed by atoms with Gasteiger partial charge in [0.1, 0.15) is 11.5 Å². The summed E-state index contributed by atoms with van der Waals surface area (Å²) in [6.07, 6.45) is 0. The quantitative estimate of drug-likeness (QED) is 0.737. The molecule has 0 aliphatic heterocycles. The first kappa shape index (κ1) is 9.15. The van der Waals surface area contributed by atoms with Gasteiger partial charge >= 0.3 is 0 Å². The van der Waals surface area contributed by atoms with Crippen LogP contribution in [-0.4, -0.2) is 0 Å². The average Bonchev–Trinajstić information content (AvgIpc) is 2.64. The standard InChI is InChI=1S/C10H5F2OS/c11-9-2-1-7(5-10(9)12)13-8-3-4-14-6-8/h1-3,5-6H. The molecule has 0 N–H and O–H groups in total. The first-order valence-electron chi connectivity index (χ1n) is 3.83. The van der Waals surface area contributed by atoms with E-state index in [0.717, 1.165) is 12.1 Å². The molecule has 1 radical (unpaired) electrons. The third kappa shape index (κ3) is 1.90. The Balaban J connectivity index is 2.22. The summed E-state index contributed by atoms with van der Waals surface area (Å²) in [5.41, 5.74) is 0. The highest BCUT2D eigenvalue weighted by molar-refractivity contribution is 7.07. The van der Waals surface area contributed by atoms with Crippen molar-refractivity contribution in [3.63, 3.8) is 0 Å². The molecule has 1 heterocycles. The number of hydrogen-bond donors (Lipinski definition) is 0. The van der Waals surface area contributed by atoms with E-state index in [4.69, 9.17) is 4.74 Å². The number of hydrogen-bond acceptors (Lipinski definition) is 2. The molecule has 0 amide bonds. The summed E-state index contributed by atoms with van der Waals surface area (Å²) in [5, 5.41) is 4.55. The summed E-state index contributed by atoms with van der Waals surface area (Å²) in [6.45, 7) is 0. The second-order valence-corrected chi connectivity index (χ2v) is 3.29. The van der Waals surface area contributed by atoms with Crippen molar-refractivity contribution in [2.24, 2.45) is 0 Å². The zero-order valence-corrected chi connectivity index (χ0v) is 7.78. The van der Waals surface area contributed by atoms with Crippen LogP contribution in [0.1, 0.15) is 0 Å². The largest absolute Gasteiger partial charge is 0.456 e. The maximum atomic E-state index is 12.7. The van der Waals surface area contributed by atoms with Crippen LogP contribution in [0.5, 0.6) is 11.5 Å². The molecule has 71 valence electrons.